The maximum Gasteiger partial charge on any atom is 0.277 e. The average molecular weight is 386 g/mol. The fourth-order valence-corrected chi connectivity index (χ4v) is 3.37. The van der Waals surface area contributed by atoms with E-state index in [1.807, 2.05) is 4.90 Å². The first-order chi connectivity index (χ1) is 13.4. The number of imidazole rings is 1. The predicted molar refractivity (Wildman–Crippen MR) is 102 cm³/mol. The maximum atomic E-state index is 14.5. The number of rotatable bonds is 3. The number of hydrogen-bond donors (Lipinski definition) is 2. The van der Waals surface area contributed by atoms with Gasteiger partial charge in [-0.2, -0.15) is 0 Å². The summed E-state index contributed by atoms with van der Waals surface area (Å²) in [6.45, 7) is 6.06. The lowest BCUT2D eigenvalue weighted by molar-refractivity contribution is 0.101. The fraction of sp³-hybridized carbons (Fsp3) is 0.316. The number of aryl methyl sites for hydroxylation is 1. The molecule has 1 aliphatic heterocycles. The SMILES string of the molecule is Cc1cn2cc(NC(=O)c3ncc(N4CCNC(C)C4)cc3F)cc(F)c2n1. The van der Waals surface area contributed by atoms with E-state index in [0.29, 0.717) is 11.4 Å². The Morgan fingerprint density at radius 1 is 1.29 bits per heavy atom. The monoisotopic (exact) mass is 386 g/mol. The molecular weight excluding hydrogens is 366 g/mol. The predicted octanol–water partition coefficient (Wildman–Crippen LogP) is 2.37. The Morgan fingerprint density at radius 2 is 2.11 bits per heavy atom. The Morgan fingerprint density at radius 3 is 2.86 bits per heavy atom. The Bertz CT molecular complexity index is 1050. The Hall–Kier alpha value is -3.07. The molecule has 2 N–H and O–H groups in total. The van der Waals surface area contributed by atoms with E-state index < -0.39 is 17.5 Å². The molecule has 0 aromatic carbocycles. The third-order valence-corrected chi connectivity index (χ3v) is 4.66. The van der Waals surface area contributed by atoms with Gasteiger partial charge < -0.3 is 19.9 Å². The highest BCUT2D eigenvalue weighted by Gasteiger charge is 2.20. The number of amides is 1. The zero-order chi connectivity index (χ0) is 19.8. The van der Waals surface area contributed by atoms with Crippen molar-refractivity contribution in [2.45, 2.75) is 19.9 Å². The van der Waals surface area contributed by atoms with Crippen molar-refractivity contribution in [1.82, 2.24) is 19.7 Å². The molecule has 0 radical (unpaired) electrons. The molecule has 1 aliphatic rings. The summed E-state index contributed by atoms with van der Waals surface area (Å²) in [6, 6.07) is 2.74. The zero-order valence-electron chi connectivity index (χ0n) is 15.5. The summed E-state index contributed by atoms with van der Waals surface area (Å²) >= 11 is 0. The molecule has 1 fully saturated rings. The van der Waals surface area contributed by atoms with Gasteiger partial charge in [0.25, 0.3) is 5.91 Å². The minimum Gasteiger partial charge on any atom is -0.367 e. The largest absolute Gasteiger partial charge is 0.367 e. The number of anilines is 2. The minimum atomic E-state index is -0.742. The van der Waals surface area contributed by atoms with Gasteiger partial charge in [0.15, 0.2) is 23.0 Å². The van der Waals surface area contributed by atoms with Crippen LogP contribution in [-0.4, -0.2) is 46.0 Å². The number of carbonyl (C=O) groups excluding carboxylic acids is 1. The molecule has 28 heavy (non-hydrogen) atoms. The van der Waals surface area contributed by atoms with Crippen molar-refractivity contribution in [3.63, 3.8) is 0 Å². The van der Waals surface area contributed by atoms with Gasteiger partial charge in [0.2, 0.25) is 0 Å². The van der Waals surface area contributed by atoms with E-state index in [0.717, 1.165) is 25.7 Å². The van der Waals surface area contributed by atoms with Gasteiger partial charge in [-0.1, -0.05) is 0 Å². The molecule has 4 heterocycles. The van der Waals surface area contributed by atoms with Crippen LogP contribution in [0.4, 0.5) is 20.2 Å². The molecule has 3 aromatic heterocycles. The van der Waals surface area contributed by atoms with Crippen LogP contribution >= 0.6 is 0 Å². The van der Waals surface area contributed by atoms with Gasteiger partial charge in [0.1, 0.15) is 0 Å². The summed E-state index contributed by atoms with van der Waals surface area (Å²) in [5.41, 5.74) is 1.29. The second-order valence-corrected chi connectivity index (χ2v) is 6.97. The van der Waals surface area contributed by atoms with Gasteiger partial charge >= 0.3 is 0 Å². The highest BCUT2D eigenvalue weighted by Crippen LogP contribution is 2.20. The molecule has 1 amide bonds. The van der Waals surface area contributed by atoms with Gasteiger partial charge in [-0.05, 0) is 13.8 Å². The van der Waals surface area contributed by atoms with Crippen LogP contribution < -0.4 is 15.5 Å². The van der Waals surface area contributed by atoms with Crippen molar-refractivity contribution in [1.29, 1.82) is 0 Å². The van der Waals surface area contributed by atoms with Gasteiger partial charge in [-0.25, -0.2) is 18.7 Å². The number of fused-ring (bicyclic) bond motifs is 1. The summed E-state index contributed by atoms with van der Waals surface area (Å²) in [5, 5.41) is 5.81. The van der Waals surface area contributed by atoms with Crippen molar-refractivity contribution in [2.24, 2.45) is 0 Å². The number of hydrogen-bond acceptors (Lipinski definition) is 5. The van der Waals surface area contributed by atoms with E-state index in [2.05, 4.69) is 27.5 Å². The van der Waals surface area contributed by atoms with Crippen molar-refractivity contribution in [2.75, 3.05) is 29.9 Å². The topological polar surface area (TPSA) is 74.6 Å². The standard InChI is InChI=1S/C19H20F2N6O/c1-11-8-26(4-3-22-11)14-6-15(20)17(23-7-14)19(28)25-13-5-16(21)18-24-12(2)9-27(18)10-13/h5-7,9-11,22H,3-4,8H2,1-2H3,(H,25,28). The van der Waals surface area contributed by atoms with E-state index >= 15 is 0 Å². The molecule has 0 bridgehead atoms. The van der Waals surface area contributed by atoms with E-state index in [1.54, 1.807) is 13.1 Å². The molecule has 0 spiro atoms. The zero-order valence-corrected chi connectivity index (χ0v) is 15.5. The van der Waals surface area contributed by atoms with Gasteiger partial charge in [0.05, 0.1) is 23.3 Å². The van der Waals surface area contributed by atoms with Crippen LogP contribution in [0.3, 0.4) is 0 Å². The van der Waals surface area contributed by atoms with Gasteiger partial charge in [-0.15, -0.1) is 0 Å². The van der Waals surface area contributed by atoms with Crippen LogP contribution in [0.5, 0.6) is 0 Å². The third kappa shape index (κ3) is 3.53. The van der Waals surface area contributed by atoms with Crippen LogP contribution in [0.1, 0.15) is 23.1 Å². The third-order valence-electron chi connectivity index (χ3n) is 4.66. The van der Waals surface area contributed by atoms with Crippen LogP contribution in [0.25, 0.3) is 5.65 Å². The quantitative estimate of drug-likeness (QED) is 0.723. The molecule has 7 nitrogen and oxygen atoms in total. The van der Waals surface area contributed by atoms with Crippen LogP contribution in [0.15, 0.2) is 30.7 Å². The number of piperazine rings is 1. The molecular formula is C19H20F2N6O. The average Bonchev–Trinajstić information content (AvgIpc) is 3.02. The summed E-state index contributed by atoms with van der Waals surface area (Å²) < 4.78 is 30.2. The van der Waals surface area contributed by atoms with Crippen molar-refractivity contribution in [3.8, 4) is 0 Å². The normalized spacial score (nSPS) is 17.1. The van der Waals surface area contributed by atoms with E-state index in [-0.39, 0.29) is 23.1 Å². The van der Waals surface area contributed by atoms with Crippen LogP contribution in [0, 0.1) is 18.6 Å². The first kappa shape index (κ1) is 18.3. The summed E-state index contributed by atoms with van der Waals surface area (Å²) in [7, 11) is 0. The molecule has 4 rings (SSSR count). The van der Waals surface area contributed by atoms with Gasteiger partial charge in [-0.3, -0.25) is 4.79 Å². The molecule has 146 valence electrons. The van der Waals surface area contributed by atoms with Crippen molar-refractivity contribution in [3.05, 3.63) is 53.7 Å². The van der Waals surface area contributed by atoms with Crippen molar-refractivity contribution >= 4 is 22.9 Å². The van der Waals surface area contributed by atoms with Gasteiger partial charge in [0, 0.05) is 50.2 Å². The number of nitrogens with zero attached hydrogens (tertiary/aromatic N) is 4. The lowest BCUT2D eigenvalue weighted by Crippen LogP contribution is -2.49. The first-order valence-corrected chi connectivity index (χ1v) is 9.01. The lowest BCUT2D eigenvalue weighted by Gasteiger charge is -2.33. The number of pyridine rings is 2. The number of carbonyl (C=O) groups is 1. The summed E-state index contributed by atoms with van der Waals surface area (Å²) in [4.78, 5) is 22.5. The molecule has 1 atom stereocenters. The number of nitrogens with one attached hydrogen (secondary N) is 2. The highest BCUT2D eigenvalue weighted by atomic mass is 19.1. The van der Waals surface area contributed by atoms with E-state index in [9.17, 15) is 13.6 Å². The number of aromatic nitrogens is 3. The smallest absolute Gasteiger partial charge is 0.277 e. The van der Waals surface area contributed by atoms with E-state index in [1.165, 1.54) is 22.9 Å². The molecule has 1 unspecified atom stereocenters. The molecule has 3 aromatic rings. The molecule has 9 heteroatoms. The Balaban J connectivity index is 1.55. The minimum absolute atomic E-state index is 0.161. The van der Waals surface area contributed by atoms with Crippen LogP contribution in [0.2, 0.25) is 0 Å². The Kier molecular flexibility index (Phi) is 4.68. The second kappa shape index (κ2) is 7.16. The second-order valence-electron chi connectivity index (χ2n) is 6.97. The highest BCUT2D eigenvalue weighted by molar-refractivity contribution is 6.03. The fourth-order valence-electron chi connectivity index (χ4n) is 3.37. The maximum absolute atomic E-state index is 14.5. The Labute approximate surface area is 160 Å². The molecule has 0 saturated carbocycles. The van der Waals surface area contributed by atoms with Crippen LogP contribution in [-0.2, 0) is 0 Å². The van der Waals surface area contributed by atoms with Crippen molar-refractivity contribution < 1.29 is 13.6 Å². The summed E-state index contributed by atoms with van der Waals surface area (Å²) in [6.07, 6.45) is 4.64. The molecule has 1 saturated heterocycles. The number of halogens is 2. The molecule has 0 aliphatic carbocycles. The first-order valence-electron chi connectivity index (χ1n) is 9.01. The van der Waals surface area contributed by atoms with E-state index in [4.69, 9.17) is 0 Å². The summed E-state index contributed by atoms with van der Waals surface area (Å²) in [5.74, 6) is -2.04. The lowest BCUT2D eigenvalue weighted by atomic mass is 10.2.